The van der Waals surface area contributed by atoms with Crippen LogP contribution in [0.25, 0.3) is 0 Å². The molecule has 1 heterocycles. The van der Waals surface area contributed by atoms with Crippen LogP contribution in [-0.2, 0) is 16.0 Å². The van der Waals surface area contributed by atoms with Crippen molar-refractivity contribution >= 4 is 46.4 Å². The van der Waals surface area contributed by atoms with Gasteiger partial charge in [-0.15, -0.1) is 11.3 Å². The van der Waals surface area contributed by atoms with E-state index in [4.69, 9.17) is 5.73 Å². The number of aromatic nitrogens is 1. The van der Waals surface area contributed by atoms with E-state index in [0.29, 0.717) is 15.6 Å². The van der Waals surface area contributed by atoms with Crippen molar-refractivity contribution in [3.05, 3.63) is 76.3 Å². The molecule has 3 N–H and O–H groups in total. The summed E-state index contributed by atoms with van der Waals surface area (Å²) in [6.07, 6.45) is 0.129. The van der Waals surface area contributed by atoms with Crippen LogP contribution in [0.5, 0.6) is 0 Å². The fourth-order valence-corrected chi connectivity index (χ4v) is 5.23. The minimum atomic E-state index is -0.556. The molecule has 3 aromatic rings. The van der Waals surface area contributed by atoms with Crippen molar-refractivity contribution in [1.29, 1.82) is 0 Å². The van der Waals surface area contributed by atoms with E-state index in [-0.39, 0.29) is 18.1 Å². The third-order valence-electron chi connectivity index (χ3n) is 4.30. The Morgan fingerprint density at radius 3 is 2.53 bits per heavy atom. The Balaban J connectivity index is 1.86. The first-order valence-electron chi connectivity index (χ1n) is 9.21. The van der Waals surface area contributed by atoms with Gasteiger partial charge in [0.2, 0.25) is 11.8 Å². The number of ketones is 1. The topological polar surface area (TPSA) is 102 Å². The predicted octanol–water partition coefficient (Wildman–Crippen LogP) is 4.15. The number of aryl methyl sites for hydroxylation is 1. The van der Waals surface area contributed by atoms with Crippen molar-refractivity contribution in [2.75, 3.05) is 5.32 Å². The van der Waals surface area contributed by atoms with E-state index in [1.807, 2.05) is 37.3 Å². The molecule has 2 amide bonds. The van der Waals surface area contributed by atoms with Crippen LogP contribution < -0.4 is 11.1 Å². The number of carbonyl (C=O) groups is 3. The molecular weight excluding hydrogens is 418 g/mol. The highest BCUT2D eigenvalue weighted by molar-refractivity contribution is 8.01. The average molecular weight is 440 g/mol. The van der Waals surface area contributed by atoms with Crippen LogP contribution in [0.15, 0.2) is 58.9 Å². The van der Waals surface area contributed by atoms with Gasteiger partial charge in [-0.3, -0.25) is 14.4 Å². The van der Waals surface area contributed by atoms with Crippen LogP contribution in [0.3, 0.4) is 0 Å². The van der Waals surface area contributed by atoms with Gasteiger partial charge in [0.1, 0.15) is 5.25 Å². The highest BCUT2D eigenvalue weighted by Gasteiger charge is 2.24. The molecule has 2 aromatic carbocycles. The molecule has 0 radical (unpaired) electrons. The normalized spacial score (nSPS) is 11.7. The summed E-state index contributed by atoms with van der Waals surface area (Å²) in [5.41, 5.74) is 7.96. The monoisotopic (exact) mass is 439 g/mol. The van der Waals surface area contributed by atoms with E-state index in [9.17, 15) is 14.4 Å². The highest BCUT2D eigenvalue weighted by atomic mass is 32.2. The number of nitrogens with zero attached hydrogens (tertiary/aromatic N) is 1. The van der Waals surface area contributed by atoms with Gasteiger partial charge in [-0.05, 0) is 31.5 Å². The number of primary amides is 1. The first-order valence-corrected chi connectivity index (χ1v) is 10.9. The minimum absolute atomic E-state index is 0.0691. The lowest BCUT2D eigenvalue weighted by Gasteiger charge is -2.16. The second-order valence-electron chi connectivity index (χ2n) is 6.67. The highest BCUT2D eigenvalue weighted by Crippen LogP contribution is 2.39. The van der Waals surface area contributed by atoms with Gasteiger partial charge in [-0.2, -0.15) is 0 Å². The summed E-state index contributed by atoms with van der Waals surface area (Å²) in [6.45, 7) is 3.31. The Labute approximate surface area is 182 Å². The van der Waals surface area contributed by atoms with Gasteiger partial charge >= 0.3 is 0 Å². The van der Waals surface area contributed by atoms with E-state index < -0.39 is 11.2 Å². The molecule has 3 rings (SSSR count). The summed E-state index contributed by atoms with van der Waals surface area (Å²) < 4.78 is 0.685. The number of Topliss-reactive ketones (excluding diaryl/α,β-unsaturated/α-hetero) is 1. The fraction of sp³-hybridized carbons (Fsp3) is 0.182. The van der Waals surface area contributed by atoms with Crippen molar-refractivity contribution in [2.24, 2.45) is 5.73 Å². The van der Waals surface area contributed by atoms with Crippen LogP contribution >= 0.6 is 23.1 Å². The number of carbonyl (C=O) groups excluding carboxylic acids is 3. The Morgan fingerprint density at radius 1 is 1.13 bits per heavy atom. The smallest absolute Gasteiger partial charge is 0.242 e. The summed E-state index contributed by atoms with van der Waals surface area (Å²) in [5.74, 6) is -0.711. The lowest BCUT2D eigenvalue weighted by atomic mass is 10.1. The number of anilines is 1. The van der Waals surface area contributed by atoms with E-state index in [1.54, 1.807) is 24.3 Å². The zero-order valence-electron chi connectivity index (χ0n) is 16.5. The maximum atomic E-state index is 13.2. The minimum Gasteiger partial charge on any atom is -0.369 e. The van der Waals surface area contributed by atoms with Crippen LogP contribution in [0.4, 0.5) is 5.69 Å². The number of nitrogens with two attached hydrogens (primary N) is 1. The molecule has 0 aliphatic carbocycles. The first-order chi connectivity index (χ1) is 14.3. The zero-order valence-corrected chi connectivity index (χ0v) is 18.2. The third kappa shape index (κ3) is 5.55. The van der Waals surface area contributed by atoms with Crippen LogP contribution in [-0.4, -0.2) is 22.6 Å². The number of hydrogen-bond donors (Lipinski definition) is 2. The molecule has 1 atom stereocenters. The van der Waals surface area contributed by atoms with Crippen LogP contribution in [0.1, 0.15) is 38.7 Å². The molecule has 1 aromatic heterocycles. The van der Waals surface area contributed by atoms with E-state index >= 15 is 0 Å². The van der Waals surface area contributed by atoms with Crippen LogP contribution in [0.2, 0.25) is 0 Å². The van der Waals surface area contributed by atoms with Crippen molar-refractivity contribution in [3.8, 4) is 0 Å². The molecule has 154 valence electrons. The third-order valence-corrected chi connectivity index (χ3v) is 6.81. The maximum Gasteiger partial charge on any atom is 0.242 e. The molecule has 0 bridgehead atoms. The number of benzene rings is 2. The van der Waals surface area contributed by atoms with Gasteiger partial charge in [0, 0.05) is 16.1 Å². The quantitative estimate of drug-likeness (QED) is 0.405. The molecule has 0 aliphatic heterocycles. The summed E-state index contributed by atoms with van der Waals surface area (Å²) >= 11 is 2.69. The number of thiazole rings is 1. The lowest BCUT2D eigenvalue weighted by Crippen LogP contribution is -2.19. The van der Waals surface area contributed by atoms with Gasteiger partial charge < -0.3 is 11.1 Å². The SMILES string of the molecule is CC(=O)c1cccc(NC(=O)C(Sc2nc(C)c(CC(N)=O)s2)c2ccccc2)c1. The first kappa shape index (κ1) is 21.7. The second-order valence-corrected chi connectivity index (χ2v) is 9.10. The van der Waals surface area contributed by atoms with Gasteiger partial charge in [-0.25, -0.2) is 4.98 Å². The van der Waals surface area contributed by atoms with Gasteiger partial charge in [-0.1, -0.05) is 54.2 Å². The number of hydrogen-bond acceptors (Lipinski definition) is 6. The maximum absolute atomic E-state index is 13.2. The molecule has 30 heavy (non-hydrogen) atoms. The largest absolute Gasteiger partial charge is 0.369 e. The van der Waals surface area contributed by atoms with Crippen molar-refractivity contribution < 1.29 is 14.4 Å². The van der Waals surface area contributed by atoms with E-state index in [1.165, 1.54) is 30.0 Å². The van der Waals surface area contributed by atoms with Gasteiger partial charge in [0.25, 0.3) is 0 Å². The predicted molar refractivity (Wildman–Crippen MR) is 120 cm³/mol. The Hall–Kier alpha value is -2.97. The number of thioether (sulfide) groups is 1. The Kier molecular flexibility index (Phi) is 7.02. The van der Waals surface area contributed by atoms with Crippen molar-refractivity contribution in [1.82, 2.24) is 4.98 Å². The van der Waals surface area contributed by atoms with E-state index in [0.717, 1.165) is 16.1 Å². The second kappa shape index (κ2) is 9.69. The zero-order chi connectivity index (χ0) is 21.7. The van der Waals surface area contributed by atoms with Crippen LogP contribution in [0, 0.1) is 6.92 Å². The summed E-state index contributed by atoms with van der Waals surface area (Å²) in [7, 11) is 0. The molecule has 0 saturated carbocycles. The molecule has 0 saturated heterocycles. The average Bonchev–Trinajstić information content (AvgIpc) is 3.05. The Bertz CT molecular complexity index is 1080. The molecule has 8 heteroatoms. The molecule has 0 fully saturated rings. The number of nitrogens with one attached hydrogen (secondary N) is 1. The standard InChI is InChI=1S/C22H21N3O3S2/c1-13-18(12-19(23)27)29-22(24-13)30-20(15-7-4-3-5-8-15)21(28)25-17-10-6-9-16(11-17)14(2)26/h3-11,20H,12H2,1-2H3,(H2,23,27)(H,25,28). The van der Waals surface area contributed by atoms with Crippen molar-refractivity contribution in [2.45, 2.75) is 29.9 Å². The van der Waals surface area contributed by atoms with E-state index in [2.05, 4.69) is 10.3 Å². The molecule has 6 nitrogen and oxygen atoms in total. The number of rotatable bonds is 8. The lowest BCUT2D eigenvalue weighted by molar-refractivity contribution is -0.117. The molecular formula is C22H21N3O3S2. The molecule has 0 aliphatic rings. The molecule has 1 unspecified atom stereocenters. The van der Waals surface area contributed by atoms with Gasteiger partial charge in [0.15, 0.2) is 10.1 Å². The van der Waals surface area contributed by atoms with Gasteiger partial charge in [0.05, 0.1) is 12.1 Å². The molecule has 0 spiro atoms. The summed E-state index contributed by atoms with van der Waals surface area (Å²) in [6, 6.07) is 16.2. The fourth-order valence-electron chi connectivity index (χ4n) is 2.80. The number of amides is 2. The summed E-state index contributed by atoms with van der Waals surface area (Å²) in [5, 5.41) is 2.34. The Morgan fingerprint density at radius 2 is 1.87 bits per heavy atom. The summed E-state index contributed by atoms with van der Waals surface area (Å²) in [4.78, 5) is 41.4. The van der Waals surface area contributed by atoms with Crippen molar-refractivity contribution in [3.63, 3.8) is 0 Å².